The van der Waals surface area contributed by atoms with Gasteiger partial charge in [-0.1, -0.05) is 6.07 Å². The molecule has 0 atom stereocenters. The highest BCUT2D eigenvalue weighted by Crippen LogP contribution is 2.30. The zero-order valence-electron chi connectivity index (χ0n) is 11.3. The highest BCUT2D eigenvalue weighted by molar-refractivity contribution is 5.81. The summed E-state index contributed by atoms with van der Waals surface area (Å²) in [4.78, 5) is 7.95. The van der Waals surface area contributed by atoms with E-state index < -0.39 is 0 Å². The lowest BCUT2D eigenvalue weighted by molar-refractivity contribution is 0.561. The maximum absolute atomic E-state index is 14.0. The summed E-state index contributed by atoms with van der Waals surface area (Å²) in [6.07, 6.45) is 0. The molecule has 3 nitrogen and oxygen atoms in total. The molecule has 100 valence electrons. The van der Waals surface area contributed by atoms with Crippen molar-refractivity contribution < 1.29 is 8.81 Å². The van der Waals surface area contributed by atoms with Crippen LogP contribution in [0.5, 0.6) is 0 Å². The Hall–Kier alpha value is -2.49. The molecule has 0 saturated heterocycles. The van der Waals surface area contributed by atoms with Gasteiger partial charge in [0.25, 0.3) is 0 Å². The molecule has 0 radical (unpaired) electrons. The van der Waals surface area contributed by atoms with Crippen LogP contribution in [0.25, 0.3) is 22.2 Å². The molecule has 0 aliphatic heterocycles. The van der Waals surface area contributed by atoms with Crippen LogP contribution in [0.1, 0.15) is 11.5 Å². The largest absolute Gasteiger partial charge is 0.441 e. The van der Waals surface area contributed by atoms with Gasteiger partial charge < -0.3 is 4.42 Å². The van der Waals surface area contributed by atoms with Gasteiger partial charge in [-0.2, -0.15) is 0 Å². The van der Waals surface area contributed by atoms with Crippen molar-refractivity contribution in [3.63, 3.8) is 0 Å². The summed E-state index contributed by atoms with van der Waals surface area (Å²) >= 11 is 0. The van der Waals surface area contributed by atoms with Gasteiger partial charge in [-0.15, -0.1) is 0 Å². The third-order valence-corrected chi connectivity index (χ3v) is 3.26. The standard InChI is InChI=1S/C16H13FN2O/c1-9-6-11(4-5-14(9)18-3)12-7-13(17)16-15(8-12)20-10(2)19-16/h4-8H,3H2,1-2H3. The van der Waals surface area contributed by atoms with E-state index in [1.807, 2.05) is 25.1 Å². The summed E-state index contributed by atoms with van der Waals surface area (Å²) in [5.74, 6) is 0.0800. The van der Waals surface area contributed by atoms with Crippen LogP contribution in [0, 0.1) is 19.7 Å². The van der Waals surface area contributed by atoms with E-state index in [0.29, 0.717) is 11.5 Å². The molecule has 0 amide bonds. The zero-order chi connectivity index (χ0) is 14.3. The number of benzene rings is 2. The molecule has 0 aliphatic carbocycles. The van der Waals surface area contributed by atoms with Crippen molar-refractivity contribution in [1.82, 2.24) is 4.98 Å². The third-order valence-electron chi connectivity index (χ3n) is 3.26. The fraction of sp³-hybridized carbons (Fsp3) is 0.125. The molecule has 0 saturated carbocycles. The number of hydrogen-bond donors (Lipinski definition) is 0. The van der Waals surface area contributed by atoms with Crippen LogP contribution >= 0.6 is 0 Å². The number of hydrogen-bond acceptors (Lipinski definition) is 3. The van der Waals surface area contributed by atoms with E-state index in [0.717, 1.165) is 22.4 Å². The molecule has 1 aromatic heterocycles. The fourth-order valence-corrected chi connectivity index (χ4v) is 2.28. The van der Waals surface area contributed by atoms with Crippen molar-refractivity contribution in [3.8, 4) is 11.1 Å². The summed E-state index contributed by atoms with van der Waals surface area (Å²) in [5, 5.41) is 0. The second kappa shape index (κ2) is 4.56. The van der Waals surface area contributed by atoms with Crippen molar-refractivity contribution in [2.24, 2.45) is 4.99 Å². The Kier molecular flexibility index (Phi) is 2.86. The van der Waals surface area contributed by atoms with E-state index >= 15 is 0 Å². The maximum Gasteiger partial charge on any atom is 0.192 e. The van der Waals surface area contributed by atoms with Gasteiger partial charge in [-0.25, -0.2) is 9.37 Å². The summed E-state index contributed by atoms with van der Waals surface area (Å²) in [6.45, 7) is 7.17. The first-order valence-corrected chi connectivity index (χ1v) is 6.23. The highest BCUT2D eigenvalue weighted by Gasteiger charge is 2.11. The Labute approximate surface area is 115 Å². The predicted molar refractivity (Wildman–Crippen MR) is 78.1 cm³/mol. The molecular formula is C16H13FN2O. The molecule has 20 heavy (non-hydrogen) atoms. The van der Waals surface area contributed by atoms with Crippen molar-refractivity contribution in [1.29, 1.82) is 0 Å². The fourth-order valence-electron chi connectivity index (χ4n) is 2.28. The molecule has 0 unspecified atom stereocenters. The number of aliphatic imine (C=N–C) groups is 1. The number of fused-ring (bicyclic) bond motifs is 1. The Morgan fingerprint density at radius 3 is 2.65 bits per heavy atom. The summed E-state index contributed by atoms with van der Waals surface area (Å²) in [6, 6.07) is 8.98. The van der Waals surface area contributed by atoms with Crippen LogP contribution in [0.2, 0.25) is 0 Å². The van der Waals surface area contributed by atoms with Crippen molar-refractivity contribution >= 4 is 23.5 Å². The summed E-state index contributed by atoms with van der Waals surface area (Å²) < 4.78 is 19.4. The molecule has 0 bridgehead atoms. The molecule has 0 N–H and O–H groups in total. The molecule has 0 spiro atoms. The van der Waals surface area contributed by atoms with Crippen LogP contribution in [0.3, 0.4) is 0 Å². The second-order valence-corrected chi connectivity index (χ2v) is 4.70. The van der Waals surface area contributed by atoms with Gasteiger partial charge in [0.05, 0.1) is 5.69 Å². The average Bonchev–Trinajstić information content (AvgIpc) is 2.79. The molecule has 4 heteroatoms. The predicted octanol–water partition coefficient (Wildman–Crippen LogP) is 4.58. The maximum atomic E-state index is 14.0. The van der Waals surface area contributed by atoms with Gasteiger partial charge in [-0.05, 0) is 54.6 Å². The molecule has 1 heterocycles. The van der Waals surface area contributed by atoms with Gasteiger partial charge >= 0.3 is 0 Å². The normalized spacial score (nSPS) is 10.9. The highest BCUT2D eigenvalue weighted by atomic mass is 19.1. The zero-order valence-corrected chi connectivity index (χ0v) is 11.3. The molecule has 0 aliphatic rings. The third kappa shape index (κ3) is 1.99. The number of rotatable bonds is 2. The molecular weight excluding hydrogens is 255 g/mol. The minimum absolute atomic E-state index is 0.271. The first kappa shape index (κ1) is 12.5. The lowest BCUT2D eigenvalue weighted by atomic mass is 10.0. The Morgan fingerprint density at radius 2 is 1.95 bits per heavy atom. The number of halogens is 1. The first-order chi connectivity index (χ1) is 9.58. The molecule has 3 rings (SSSR count). The van der Waals surface area contributed by atoms with Crippen LogP contribution in [-0.4, -0.2) is 11.7 Å². The lowest BCUT2D eigenvalue weighted by Gasteiger charge is -2.05. The number of aromatic nitrogens is 1. The molecule has 3 aromatic rings. The van der Waals surface area contributed by atoms with Gasteiger partial charge in [0.2, 0.25) is 0 Å². The average molecular weight is 268 g/mol. The van der Waals surface area contributed by atoms with E-state index in [1.165, 1.54) is 6.07 Å². The first-order valence-electron chi connectivity index (χ1n) is 6.23. The number of oxazole rings is 1. The van der Waals surface area contributed by atoms with Crippen LogP contribution < -0.4 is 0 Å². The van der Waals surface area contributed by atoms with Gasteiger partial charge in [0, 0.05) is 6.92 Å². The quantitative estimate of drug-likeness (QED) is 0.638. The van der Waals surface area contributed by atoms with Crippen LogP contribution in [0.4, 0.5) is 10.1 Å². The van der Waals surface area contributed by atoms with Crippen molar-refractivity contribution in [2.45, 2.75) is 13.8 Å². The van der Waals surface area contributed by atoms with E-state index in [2.05, 4.69) is 16.7 Å². The monoisotopic (exact) mass is 268 g/mol. The topological polar surface area (TPSA) is 38.4 Å². The molecule has 2 aromatic carbocycles. The van der Waals surface area contributed by atoms with E-state index in [-0.39, 0.29) is 11.3 Å². The summed E-state index contributed by atoms with van der Waals surface area (Å²) in [7, 11) is 0. The smallest absolute Gasteiger partial charge is 0.192 e. The van der Waals surface area contributed by atoms with Crippen LogP contribution in [-0.2, 0) is 0 Å². The Balaban J connectivity index is 2.18. The second-order valence-electron chi connectivity index (χ2n) is 4.70. The van der Waals surface area contributed by atoms with E-state index in [1.54, 1.807) is 13.0 Å². The van der Waals surface area contributed by atoms with Crippen molar-refractivity contribution in [3.05, 3.63) is 47.6 Å². The molecule has 0 fully saturated rings. The van der Waals surface area contributed by atoms with Crippen molar-refractivity contribution in [2.75, 3.05) is 0 Å². The Morgan fingerprint density at radius 1 is 1.15 bits per heavy atom. The van der Waals surface area contributed by atoms with Crippen LogP contribution in [0.15, 0.2) is 39.7 Å². The van der Waals surface area contributed by atoms with Gasteiger partial charge in [0.15, 0.2) is 17.3 Å². The lowest BCUT2D eigenvalue weighted by Crippen LogP contribution is -1.84. The van der Waals surface area contributed by atoms with E-state index in [9.17, 15) is 4.39 Å². The van der Waals surface area contributed by atoms with Gasteiger partial charge in [-0.3, -0.25) is 4.99 Å². The van der Waals surface area contributed by atoms with Gasteiger partial charge in [0.1, 0.15) is 5.52 Å². The number of nitrogens with zero attached hydrogens (tertiary/aromatic N) is 2. The minimum Gasteiger partial charge on any atom is -0.441 e. The SMILES string of the molecule is C=Nc1ccc(-c2cc(F)c3nc(C)oc3c2)cc1C. The van der Waals surface area contributed by atoms with E-state index in [4.69, 9.17) is 4.42 Å². The summed E-state index contributed by atoms with van der Waals surface area (Å²) in [5.41, 5.74) is 4.21. The number of aryl methyl sites for hydroxylation is 2. The Bertz CT molecular complexity index is 821. The minimum atomic E-state index is -0.377.